The van der Waals surface area contributed by atoms with E-state index in [-0.39, 0.29) is 12.1 Å². The summed E-state index contributed by atoms with van der Waals surface area (Å²) in [7, 11) is 0. The minimum atomic E-state index is -0.206. The molecule has 3 aromatic rings. The van der Waals surface area contributed by atoms with Crippen LogP contribution < -0.4 is 5.56 Å². The van der Waals surface area contributed by atoms with Crippen LogP contribution >= 0.6 is 23.2 Å². The molecule has 0 aliphatic rings. The van der Waals surface area contributed by atoms with E-state index in [1.807, 2.05) is 26.0 Å². The molecule has 3 rings (SSSR count). The van der Waals surface area contributed by atoms with Crippen molar-refractivity contribution in [1.29, 1.82) is 0 Å². The minimum absolute atomic E-state index is 0.182. The highest BCUT2D eigenvalue weighted by atomic mass is 35.5. The number of rotatable bonds is 3. The van der Waals surface area contributed by atoms with Gasteiger partial charge in [-0.3, -0.25) is 9.36 Å². The summed E-state index contributed by atoms with van der Waals surface area (Å²) in [5.41, 5.74) is 4.66. The first kappa shape index (κ1) is 15.8. The number of aryl methyl sites for hydroxylation is 2. The van der Waals surface area contributed by atoms with E-state index in [4.69, 9.17) is 23.2 Å². The molecule has 0 saturated heterocycles. The third kappa shape index (κ3) is 3.02. The van der Waals surface area contributed by atoms with Gasteiger partial charge in [0.2, 0.25) is 0 Å². The van der Waals surface area contributed by atoms with Gasteiger partial charge in [0.25, 0.3) is 5.56 Å². The predicted molar refractivity (Wildman–Crippen MR) is 92.4 cm³/mol. The number of aromatic nitrogens is 4. The first-order valence-corrected chi connectivity index (χ1v) is 7.77. The average molecular weight is 349 g/mol. The van der Waals surface area contributed by atoms with Crippen molar-refractivity contribution in [3.05, 3.63) is 62.8 Å². The molecule has 0 aliphatic heterocycles. The first-order valence-electron chi connectivity index (χ1n) is 6.96. The Bertz CT molecular complexity index is 952. The standard InChI is InChI=1S/C16H14Cl2N4O/c1-10-3-11(2)5-13(4-10)22-15-14(7-20-22)16(23)21(9-19-15)8-12(18)6-17/h3-7,9H,8H2,1-2H3/b12-6-. The fraction of sp³-hybridized carbons (Fsp3) is 0.188. The van der Waals surface area contributed by atoms with Gasteiger partial charge in [-0.15, -0.1) is 0 Å². The highest BCUT2D eigenvalue weighted by Crippen LogP contribution is 2.17. The van der Waals surface area contributed by atoms with Gasteiger partial charge >= 0.3 is 0 Å². The van der Waals surface area contributed by atoms with E-state index < -0.39 is 0 Å². The van der Waals surface area contributed by atoms with Gasteiger partial charge in [0.1, 0.15) is 11.7 Å². The molecule has 0 fully saturated rings. The van der Waals surface area contributed by atoms with Crippen molar-refractivity contribution in [2.45, 2.75) is 20.4 Å². The van der Waals surface area contributed by atoms with Crippen LogP contribution in [0.2, 0.25) is 0 Å². The number of hydrogen-bond acceptors (Lipinski definition) is 3. The monoisotopic (exact) mass is 348 g/mol. The van der Waals surface area contributed by atoms with Crippen molar-refractivity contribution in [1.82, 2.24) is 19.3 Å². The molecule has 0 aliphatic carbocycles. The van der Waals surface area contributed by atoms with Crippen molar-refractivity contribution < 1.29 is 0 Å². The molecule has 2 heterocycles. The normalized spacial score (nSPS) is 12.1. The van der Waals surface area contributed by atoms with E-state index in [2.05, 4.69) is 16.1 Å². The summed E-state index contributed by atoms with van der Waals surface area (Å²) in [6.07, 6.45) is 2.98. The van der Waals surface area contributed by atoms with Crippen molar-refractivity contribution in [2.75, 3.05) is 0 Å². The molecular weight excluding hydrogens is 335 g/mol. The molecule has 1 aromatic carbocycles. The van der Waals surface area contributed by atoms with Crippen LogP contribution in [0.5, 0.6) is 0 Å². The highest BCUT2D eigenvalue weighted by Gasteiger charge is 2.12. The zero-order valence-corrected chi connectivity index (χ0v) is 14.1. The van der Waals surface area contributed by atoms with Crippen LogP contribution in [-0.2, 0) is 6.54 Å². The molecule has 0 amide bonds. The third-order valence-corrected chi connectivity index (χ3v) is 4.05. The van der Waals surface area contributed by atoms with Crippen LogP contribution in [0, 0.1) is 13.8 Å². The second kappa shape index (κ2) is 6.18. The molecule has 7 heteroatoms. The van der Waals surface area contributed by atoms with Crippen molar-refractivity contribution in [2.24, 2.45) is 0 Å². The molecule has 0 radical (unpaired) electrons. The van der Waals surface area contributed by atoms with Crippen LogP contribution in [-0.4, -0.2) is 19.3 Å². The Hall–Kier alpha value is -2.11. The van der Waals surface area contributed by atoms with Crippen molar-refractivity contribution in [3.8, 4) is 5.69 Å². The van der Waals surface area contributed by atoms with Crippen LogP contribution in [0.3, 0.4) is 0 Å². The second-order valence-electron chi connectivity index (χ2n) is 5.37. The lowest BCUT2D eigenvalue weighted by Crippen LogP contribution is -2.20. The SMILES string of the molecule is Cc1cc(C)cc(-n2ncc3c(=O)n(C/C(Cl)=C/Cl)cnc32)c1. The Labute approximate surface area is 142 Å². The van der Waals surface area contributed by atoms with E-state index in [0.717, 1.165) is 16.8 Å². The van der Waals surface area contributed by atoms with Crippen LogP contribution in [0.1, 0.15) is 11.1 Å². The lowest BCUT2D eigenvalue weighted by Gasteiger charge is -2.07. The third-order valence-electron chi connectivity index (χ3n) is 3.45. The predicted octanol–water partition coefficient (Wildman–Crippen LogP) is 3.52. The van der Waals surface area contributed by atoms with E-state index in [1.165, 1.54) is 22.6 Å². The Balaban J connectivity index is 2.15. The number of hydrogen-bond donors (Lipinski definition) is 0. The molecule has 0 N–H and O–H groups in total. The van der Waals surface area contributed by atoms with E-state index in [9.17, 15) is 4.79 Å². The van der Waals surface area contributed by atoms with Crippen LogP contribution in [0.15, 0.2) is 46.1 Å². The average Bonchev–Trinajstić information content (AvgIpc) is 2.93. The highest BCUT2D eigenvalue weighted by molar-refractivity contribution is 6.36. The van der Waals surface area contributed by atoms with Crippen LogP contribution in [0.4, 0.5) is 0 Å². The summed E-state index contributed by atoms with van der Waals surface area (Å²) >= 11 is 11.4. The fourth-order valence-corrected chi connectivity index (χ4v) is 2.72. The first-order chi connectivity index (χ1) is 11.0. The molecule has 0 saturated carbocycles. The number of nitrogens with zero attached hydrogens (tertiary/aromatic N) is 4. The number of fused-ring (bicyclic) bond motifs is 1. The Morgan fingerprint density at radius 3 is 2.61 bits per heavy atom. The van der Waals surface area contributed by atoms with Crippen molar-refractivity contribution in [3.63, 3.8) is 0 Å². The lowest BCUT2D eigenvalue weighted by atomic mass is 10.1. The lowest BCUT2D eigenvalue weighted by molar-refractivity contribution is 0.755. The Morgan fingerprint density at radius 2 is 1.96 bits per heavy atom. The molecule has 0 spiro atoms. The molecule has 0 unspecified atom stereocenters. The van der Waals surface area contributed by atoms with Crippen LogP contribution in [0.25, 0.3) is 16.7 Å². The Morgan fingerprint density at radius 1 is 1.26 bits per heavy atom. The van der Waals surface area contributed by atoms with Gasteiger partial charge in [0, 0.05) is 10.6 Å². The molecule has 0 bridgehead atoms. The largest absolute Gasteiger partial charge is 0.293 e. The van der Waals surface area contributed by atoms with E-state index in [0.29, 0.717) is 16.1 Å². The van der Waals surface area contributed by atoms with Gasteiger partial charge in [0.05, 0.1) is 18.4 Å². The topological polar surface area (TPSA) is 52.7 Å². The maximum absolute atomic E-state index is 12.5. The van der Waals surface area contributed by atoms with Gasteiger partial charge in [0.15, 0.2) is 5.65 Å². The number of allylic oxidation sites excluding steroid dienone is 1. The Kier molecular flexibility index (Phi) is 4.24. The summed E-state index contributed by atoms with van der Waals surface area (Å²) in [4.78, 5) is 16.9. The summed E-state index contributed by atoms with van der Waals surface area (Å²) in [5.74, 6) is 0. The maximum Gasteiger partial charge on any atom is 0.264 e. The van der Waals surface area contributed by atoms with E-state index >= 15 is 0 Å². The van der Waals surface area contributed by atoms with Gasteiger partial charge in [-0.2, -0.15) is 5.10 Å². The molecule has 5 nitrogen and oxygen atoms in total. The summed E-state index contributed by atoms with van der Waals surface area (Å²) in [6.45, 7) is 4.22. The van der Waals surface area contributed by atoms with E-state index in [1.54, 1.807) is 4.68 Å². The molecular formula is C16H14Cl2N4O. The maximum atomic E-state index is 12.5. The van der Waals surface area contributed by atoms with Gasteiger partial charge in [-0.1, -0.05) is 29.3 Å². The minimum Gasteiger partial charge on any atom is -0.293 e. The summed E-state index contributed by atoms with van der Waals surface area (Å²) < 4.78 is 3.07. The molecule has 2 aromatic heterocycles. The van der Waals surface area contributed by atoms with Gasteiger partial charge < -0.3 is 0 Å². The summed E-state index contributed by atoms with van der Waals surface area (Å²) in [6, 6.07) is 6.08. The molecule has 0 atom stereocenters. The molecule has 23 heavy (non-hydrogen) atoms. The fourth-order valence-electron chi connectivity index (χ4n) is 2.52. The smallest absolute Gasteiger partial charge is 0.264 e. The zero-order valence-electron chi connectivity index (χ0n) is 12.6. The second-order valence-corrected chi connectivity index (χ2v) is 6.08. The summed E-state index contributed by atoms with van der Waals surface area (Å²) in [5, 5.41) is 5.11. The zero-order chi connectivity index (χ0) is 16.6. The number of benzene rings is 1. The quantitative estimate of drug-likeness (QED) is 0.727. The van der Waals surface area contributed by atoms with Crippen molar-refractivity contribution >= 4 is 34.2 Å². The number of halogens is 2. The van der Waals surface area contributed by atoms with Gasteiger partial charge in [-0.25, -0.2) is 9.67 Å². The molecule has 118 valence electrons. The van der Waals surface area contributed by atoms with Gasteiger partial charge in [-0.05, 0) is 37.1 Å².